The molecule has 0 aliphatic rings. The van der Waals surface area contributed by atoms with Gasteiger partial charge in [-0.15, -0.1) is 0 Å². The molecule has 0 aromatic carbocycles. The van der Waals surface area contributed by atoms with Crippen LogP contribution in [0.25, 0.3) is 0 Å². The summed E-state index contributed by atoms with van der Waals surface area (Å²) in [7, 11) is 3.13. The van der Waals surface area contributed by atoms with Gasteiger partial charge in [0.15, 0.2) is 0 Å². The molecule has 0 saturated carbocycles. The van der Waals surface area contributed by atoms with Gasteiger partial charge in [0.25, 0.3) is 0 Å². The van der Waals surface area contributed by atoms with Crippen molar-refractivity contribution in [2.24, 2.45) is 0 Å². The number of methoxy groups -OCH3 is 2. The summed E-state index contributed by atoms with van der Waals surface area (Å²) in [5.74, 6) is 1.49. The summed E-state index contributed by atoms with van der Waals surface area (Å²) in [6, 6.07) is 3.75. The summed E-state index contributed by atoms with van der Waals surface area (Å²) in [5.41, 5.74) is 1.31. The zero-order valence-corrected chi connectivity index (χ0v) is 11.2. The maximum atomic E-state index is 5.08. The molecule has 5 nitrogen and oxygen atoms in total. The minimum Gasteiger partial charge on any atom is -0.481 e. The van der Waals surface area contributed by atoms with Crippen LogP contribution in [0.5, 0.6) is 11.8 Å². The Balaban J connectivity index is 1.95. The lowest BCUT2D eigenvalue weighted by atomic mass is 10.2. The molecule has 2 heterocycles. The lowest BCUT2D eigenvalue weighted by molar-refractivity contribution is 0.373. The van der Waals surface area contributed by atoms with E-state index in [-0.39, 0.29) is 0 Å². The van der Waals surface area contributed by atoms with E-state index in [1.807, 2.05) is 0 Å². The zero-order valence-electron chi connectivity index (χ0n) is 10.3. The Hall–Kier alpha value is -1.82. The summed E-state index contributed by atoms with van der Waals surface area (Å²) in [6.45, 7) is 0.771. The van der Waals surface area contributed by atoms with E-state index in [4.69, 9.17) is 9.47 Å². The lowest BCUT2D eigenvalue weighted by Crippen LogP contribution is -2.08. The van der Waals surface area contributed by atoms with Crippen molar-refractivity contribution in [3.8, 4) is 11.8 Å². The molecular formula is C12H15N3O2S. The highest BCUT2D eigenvalue weighted by molar-refractivity contribution is 7.07. The Morgan fingerprint density at radius 1 is 1.22 bits per heavy atom. The van der Waals surface area contributed by atoms with E-state index in [9.17, 15) is 0 Å². The molecule has 18 heavy (non-hydrogen) atoms. The average molecular weight is 265 g/mol. The van der Waals surface area contributed by atoms with Crippen molar-refractivity contribution < 1.29 is 9.47 Å². The Bertz CT molecular complexity index is 466. The van der Waals surface area contributed by atoms with Gasteiger partial charge in [-0.1, -0.05) is 0 Å². The second-order valence-electron chi connectivity index (χ2n) is 3.58. The molecule has 96 valence electrons. The van der Waals surface area contributed by atoms with Crippen LogP contribution in [-0.4, -0.2) is 30.7 Å². The summed E-state index contributed by atoms with van der Waals surface area (Å²) in [4.78, 5) is 8.39. The van der Waals surface area contributed by atoms with Crippen LogP contribution in [0.1, 0.15) is 5.56 Å². The fraction of sp³-hybridized carbons (Fsp3) is 0.333. The third-order valence-electron chi connectivity index (χ3n) is 2.37. The van der Waals surface area contributed by atoms with Crippen LogP contribution < -0.4 is 14.8 Å². The Morgan fingerprint density at radius 2 is 1.94 bits per heavy atom. The molecule has 0 aliphatic carbocycles. The first kappa shape index (κ1) is 12.6. The van der Waals surface area contributed by atoms with Crippen molar-refractivity contribution in [1.82, 2.24) is 9.97 Å². The van der Waals surface area contributed by atoms with Gasteiger partial charge in [0.05, 0.1) is 20.3 Å². The van der Waals surface area contributed by atoms with Crippen LogP contribution in [0.4, 0.5) is 5.95 Å². The van der Waals surface area contributed by atoms with Crippen LogP contribution in [0.2, 0.25) is 0 Å². The molecule has 2 aromatic heterocycles. The zero-order chi connectivity index (χ0) is 12.8. The highest BCUT2D eigenvalue weighted by atomic mass is 32.1. The number of nitrogens with zero attached hydrogens (tertiary/aromatic N) is 2. The molecule has 1 N–H and O–H groups in total. The molecule has 0 bridgehead atoms. The van der Waals surface area contributed by atoms with Crippen molar-refractivity contribution in [3.05, 3.63) is 28.5 Å². The van der Waals surface area contributed by atoms with Gasteiger partial charge >= 0.3 is 0 Å². The topological polar surface area (TPSA) is 56.3 Å². The lowest BCUT2D eigenvalue weighted by Gasteiger charge is -2.07. The van der Waals surface area contributed by atoms with E-state index in [0.717, 1.165) is 13.0 Å². The maximum Gasteiger partial charge on any atom is 0.229 e. The first-order chi connectivity index (χ1) is 8.81. The summed E-state index contributed by atoms with van der Waals surface area (Å²) < 4.78 is 10.2. The molecule has 0 radical (unpaired) electrons. The average Bonchev–Trinajstić information content (AvgIpc) is 2.91. The van der Waals surface area contributed by atoms with Crippen LogP contribution in [0, 0.1) is 0 Å². The maximum absolute atomic E-state index is 5.08. The molecule has 0 fully saturated rings. The van der Waals surface area contributed by atoms with Crippen molar-refractivity contribution in [3.63, 3.8) is 0 Å². The summed E-state index contributed by atoms with van der Waals surface area (Å²) in [6.07, 6.45) is 0.937. The Kier molecular flexibility index (Phi) is 4.35. The molecule has 2 rings (SSSR count). The third-order valence-corrected chi connectivity index (χ3v) is 3.11. The van der Waals surface area contributed by atoms with Crippen LogP contribution in [0.15, 0.2) is 22.9 Å². The van der Waals surface area contributed by atoms with Gasteiger partial charge in [-0.25, -0.2) is 0 Å². The summed E-state index contributed by atoms with van der Waals surface area (Å²) >= 11 is 1.70. The predicted octanol–water partition coefficient (Wildman–Crippen LogP) is 2.21. The predicted molar refractivity (Wildman–Crippen MR) is 71.6 cm³/mol. The fourth-order valence-corrected chi connectivity index (χ4v) is 2.15. The molecule has 0 atom stereocenters. The number of rotatable bonds is 6. The van der Waals surface area contributed by atoms with Gasteiger partial charge in [0.2, 0.25) is 17.7 Å². The van der Waals surface area contributed by atoms with Crippen molar-refractivity contribution in [2.75, 3.05) is 26.1 Å². The van der Waals surface area contributed by atoms with E-state index in [1.165, 1.54) is 5.56 Å². The van der Waals surface area contributed by atoms with Gasteiger partial charge in [-0.05, 0) is 28.8 Å². The molecule has 2 aromatic rings. The third kappa shape index (κ3) is 3.33. The first-order valence-corrected chi connectivity index (χ1v) is 6.48. The van der Waals surface area contributed by atoms with E-state index >= 15 is 0 Å². The second kappa shape index (κ2) is 6.20. The standard InChI is InChI=1S/C12H15N3O2S/c1-16-10-7-11(17-2)15-12(14-10)13-5-3-9-4-6-18-8-9/h4,6-8H,3,5H2,1-2H3,(H,13,14,15). The van der Waals surface area contributed by atoms with Crippen molar-refractivity contribution in [2.45, 2.75) is 6.42 Å². The first-order valence-electron chi connectivity index (χ1n) is 5.54. The van der Waals surface area contributed by atoms with Crippen LogP contribution in [0.3, 0.4) is 0 Å². The number of nitrogens with one attached hydrogen (secondary N) is 1. The number of anilines is 1. The second-order valence-corrected chi connectivity index (χ2v) is 4.36. The normalized spacial score (nSPS) is 10.1. The molecule has 0 saturated heterocycles. The van der Waals surface area contributed by atoms with E-state index in [0.29, 0.717) is 17.7 Å². The smallest absolute Gasteiger partial charge is 0.229 e. The molecule has 6 heteroatoms. The monoisotopic (exact) mass is 265 g/mol. The van der Waals surface area contributed by atoms with Gasteiger partial charge in [-0.2, -0.15) is 21.3 Å². The molecule has 0 amide bonds. The number of hydrogen-bond acceptors (Lipinski definition) is 6. The fourth-order valence-electron chi connectivity index (χ4n) is 1.45. The van der Waals surface area contributed by atoms with E-state index < -0.39 is 0 Å². The van der Waals surface area contributed by atoms with Crippen molar-refractivity contribution >= 4 is 17.3 Å². The van der Waals surface area contributed by atoms with Crippen molar-refractivity contribution in [1.29, 1.82) is 0 Å². The minimum atomic E-state index is 0.486. The van der Waals surface area contributed by atoms with Crippen LogP contribution in [-0.2, 0) is 6.42 Å². The van der Waals surface area contributed by atoms with Gasteiger partial charge in [-0.3, -0.25) is 0 Å². The Labute approximate surface area is 110 Å². The quantitative estimate of drug-likeness (QED) is 0.867. The largest absolute Gasteiger partial charge is 0.481 e. The molecule has 0 aliphatic heterocycles. The van der Waals surface area contributed by atoms with Gasteiger partial charge in [0.1, 0.15) is 0 Å². The van der Waals surface area contributed by atoms with Gasteiger partial charge < -0.3 is 14.8 Å². The summed E-state index contributed by atoms with van der Waals surface area (Å²) in [5, 5.41) is 7.36. The Morgan fingerprint density at radius 3 is 2.50 bits per heavy atom. The minimum absolute atomic E-state index is 0.486. The van der Waals surface area contributed by atoms with E-state index in [2.05, 4.69) is 32.1 Å². The van der Waals surface area contributed by atoms with Gasteiger partial charge in [0, 0.05) is 6.54 Å². The number of aromatic nitrogens is 2. The SMILES string of the molecule is COc1cc(OC)nc(NCCc2ccsc2)n1. The van der Waals surface area contributed by atoms with Crippen LogP contribution >= 0.6 is 11.3 Å². The molecule has 0 unspecified atom stereocenters. The van der Waals surface area contributed by atoms with E-state index in [1.54, 1.807) is 31.6 Å². The number of ether oxygens (including phenoxy) is 2. The highest BCUT2D eigenvalue weighted by Crippen LogP contribution is 2.17. The number of hydrogen-bond donors (Lipinski definition) is 1. The molecule has 0 spiro atoms. The number of thiophene rings is 1. The highest BCUT2D eigenvalue weighted by Gasteiger charge is 2.04. The molecular weight excluding hydrogens is 250 g/mol.